The minimum absolute atomic E-state index is 0.180. The Balaban J connectivity index is 1.70. The molecule has 0 aliphatic carbocycles. The van der Waals surface area contributed by atoms with Gasteiger partial charge in [0.25, 0.3) is 0 Å². The van der Waals surface area contributed by atoms with Crippen molar-refractivity contribution in [2.24, 2.45) is 0 Å². The Hall–Kier alpha value is -2.32. The third-order valence-corrected chi connectivity index (χ3v) is 5.88. The van der Waals surface area contributed by atoms with Crippen LogP contribution in [0.25, 0.3) is 20.2 Å². The van der Waals surface area contributed by atoms with Gasteiger partial charge in [-0.05, 0) is 47.7 Å². The Kier molecular flexibility index (Phi) is 3.81. The van der Waals surface area contributed by atoms with Crippen molar-refractivity contribution in [3.63, 3.8) is 0 Å². The monoisotopic (exact) mass is 345 g/mol. The lowest BCUT2D eigenvalue weighted by atomic mass is 9.86. The molecule has 1 nitrogen and oxygen atoms in total. The molecular formula is C23H23NS. The second-order valence-electron chi connectivity index (χ2n) is 7.71. The number of hydrogen-bond donors (Lipinski definition) is 1. The molecule has 25 heavy (non-hydrogen) atoms. The van der Waals surface area contributed by atoms with Crippen molar-refractivity contribution in [1.29, 1.82) is 0 Å². The van der Waals surface area contributed by atoms with Crippen LogP contribution < -0.4 is 5.32 Å². The van der Waals surface area contributed by atoms with Crippen molar-refractivity contribution in [2.75, 3.05) is 5.32 Å². The molecule has 1 aromatic heterocycles. The van der Waals surface area contributed by atoms with Gasteiger partial charge in [0.15, 0.2) is 0 Å². The van der Waals surface area contributed by atoms with Crippen LogP contribution in [0, 0.1) is 6.92 Å². The van der Waals surface area contributed by atoms with Crippen LogP contribution in [0.5, 0.6) is 0 Å². The van der Waals surface area contributed by atoms with E-state index in [1.807, 2.05) is 11.3 Å². The predicted octanol–water partition coefficient (Wildman–Crippen LogP) is 7.40. The van der Waals surface area contributed by atoms with Gasteiger partial charge in [0.2, 0.25) is 0 Å². The summed E-state index contributed by atoms with van der Waals surface area (Å²) in [6.07, 6.45) is 0. The average Bonchev–Trinajstić information content (AvgIpc) is 2.93. The van der Waals surface area contributed by atoms with Gasteiger partial charge in [-0.3, -0.25) is 0 Å². The molecule has 1 N–H and O–H groups in total. The molecule has 0 saturated heterocycles. The van der Waals surface area contributed by atoms with E-state index < -0.39 is 0 Å². The standard InChI is InChI=1S/C23H23NS/c1-15-13-16(23(2,3)4)9-12-20(15)24-17-10-11-19-18-7-5-6-8-21(18)25-22(19)14-17/h5-14,24H,1-4H3. The number of thiophene rings is 1. The first kappa shape index (κ1) is 16.2. The van der Waals surface area contributed by atoms with Crippen LogP contribution in [0.3, 0.4) is 0 Å². The normalized spacial score (nSPS) is 12.0. The quantitative estimate of drug-likeness (QED) is 0.399. The van der Waals surface area contributed by atoms with Gasteiger partial charge in [0, 0.05) is 31.5 Å². The zero-order valence-electron chi connectivity index (χ0n) is 15.2. The van der Waals surface area contributed by atoms with Gasteiger partial charge in [0.1, 0.15) is 0 Å². The largest absolute Gasteiger partial charge is 0.355 e. The molecule has 0 saturated carbocycles. The molecule has 1 heterocycles. The lowest BCUT2D eigenvalue weighted by molar-refractivity contribution is 0.590. The minimum Gasteiger partial charge on any atom is -0.355 e. The first-order valence-corrected chi connectivity index (χ1v) is 9.53. The summed E-state index contributed by atoms with van der Waals surface area (Å²) in [4.78, 5) is 0. The Morgan fingerprint density at radius 3 is 2.32 bits per heavy atom. The molecular weight excluding hydrogens is 322 g/mol. The van der Waals surface area contributed by atoms with E-state index in [-0.39, 0.29) is 5.41 Å². The number of aryl methyl sites for hydroxylation is 1. The van der Waals surface area contributed by atoms with Crippen LogP contribution in [-0.4, -0.2) is 0 Å². The van der Waals surface area contributed by atoms with Crippen molar-refractivity contribution in [3.8, 4) is 0 Å². The minimum atomic E-state index is 0.180. The fourth-order valence-corrected chi connectivity index (χ4v) is 4.37. The van der Waals surface area contributed by atoms with Crippen LogP contribution in [0.4, 0.5) is 11.4 Å². The highest BCUT2D eigenvalue weighted by atomic mass is 32.1. The highest BCUT2D eigenvalue weighted by Crippen LogP contribution is 2.36. The zero-order chi connectivity index (χ0) is 17.6. The van der Waals surface area contributed by atoms with Crippen LogP contribution >= 0.6 is 11.3 Å². The molecule has 0 aliphatic heterocycles. The summed E-state index contributed by atoms with van der Waals surface area (Å²) in [6, 6.07) is 22.0. The fraction of sp³-hybridized carbons (Fsp3) is 0.217. The first-order valence-electron chi connectivity index (χ1n) is 8.71. The van der Waals surface area contributed by atoms with Gasteiger partial charge in [-0.15, -0.1) is 11.3 Å². The van der Waals surface area contributed by atoms with Crippen molar-refractivity contribution in [2.45, 2.75) is 33.1 Å². The molecule has 126 valence electrons. The Bertz CT molecular complexity index is 1070. The summed E-state index contributed by atoms with van der Waals surface area (Å²) in [5.74, 6) is 0. The number of fused-ring (bicyclic) bond motifs is 3. The smallest absolute Gasteiger partial charge is 0.0414 e. The van der Waals surface area contributed by atoms with Crippen LogP contribution in [0.1, 0.15) is 31.9 Å². The van der Waals surface area contributed by atoms with E-state index in [0.29, 0.717) is 0 Å². The summed E-state index contributed by atoms with van der Waals surface area (Å²) < 4.78 is 2.68. The zero-order valence-corrected chi connectivity index (χ0v) is 16.0. The molecule has 0 radical (unpaired) electrons. The Labute approximate surface area is 153 Å². The fourth-order valence-electron chi connectivity index (χ4n) is 3.23. The number of benzene rings is 3. The van der Waals surface area contributed by atoms with Gasteiger partial charge in [-0.25, -0.2) is 0 Å². The molecule has 0 unspecified atom stereocenters. The van der Waals surface area contributed by atoms with Crippen molar-refractivity contribution < 1.29 is 0 Å². The van der Waals surface area contributed by atoms with Gasteiger partial charge >= 0.3 is 0 Å². The molecule has 0 aliphatic rings. The lowest BCUT2D eigenvalue weighted by Gasteiger charge is -2.21. The third-order valence-electron chi connectivity index (χ3n) is 4.75. The van der Waals surface area contributed by atoms with Gasteiger partial charge in [-0.1, -0.05) is 57.2 Å². The molecule has 3 aromatic carbocycles. The highest BCUT2D eigenvalue weighted by Gasteiger charge is 2.14. The lowest BCUT2D eigenvalue weighted by Crippen LogP contribution is -2.11. The molecule has 4 rings (SSSR count). The number of rotatable bonds is 2. The summed E-state index contributed by atoms with van der Waals surface area (Å²) in [6.45, 7) is 8.94. The maximum Gasteiger partial charge on any atom is 0.0414 e. The molecule has 0 amide bonds. The Morgan fingerprint density at radius 1 is 0.800 bits per heavy atom. The Morgan fingerprint density at radius 2 is 1.56 bits per heavy atom. The SMILES string of the molecule is Cc1cc(C(C)(C)C)ccc1Nc1ccc2c(c1)sc1ccccc12. The van der Waals surface area contributed by atoms with E-state index in [0.717, 1.165) is 5.69 Å². The van der Waals surface area contributed by atoms with Crippen molar-refractivity contribution >= 4 is 42.9 Å². The highest BCUT2D eigenvalue weighted by molar-refractivity contribution is 7.25. The maximum absolute atomic E-state index is 3.59. The summed E-state index contributed by atoms with van der Waals surface area (Å²) in [5, 5.41) is 6.28. The van der Waals surface area contributed by atoms with Crippen LogP contribution in [-0.2, 0) is 5.41 Å². The third kappa shape index (κ3) is 3.03. The average molecular weight is 346 g/mol. The van der Waals surface area contributed by atoms with Crippen molar-refractivity contribution in [3.05, 3.63) is 71.8 Å². The first-order chi connectivity index (χ1) is 11.9. The number of hydrogen-bond acceptors (Lipinski definition) is 2. The van der Waals surface area contributed by atoms with Gasteiger partial charge in [-0.2, -0.15) is 0 Å². The van der Waals surface area contributed by atoms with E-state index in [1.54, 1.807) is 0 Å². The molecule has 4 aromatic rings. The maximum atomic E-state index is 3.59. The second kappa shape index (κ2) is 5.89. The van der Waals surface area contributed by atoms with E-state index in [9.17, 15) is 0 Å². The summed E-state index contributed by atoms with van der Waals surface area (Å²) in [5.41, 5.74) is 5.15. The summed E-state index contributed by atoms with van der Waals surface area (Å²) >= 11 is 1.86. The predicted molar refractivity (Wildman–Crippen MR) is 112 cm³/mol. The molecule has 0 atom stereocenters. The van der Waals surface area contributed by atoms with Gasteiger partial charge in [0.05, 0.1) is 0 Å². The molecule has 0 spiro atoms. The van der Waals surface area contributed by atoms with Crippen LogP contribution in [0.15, 0.2) is 60.7 Å². The van der Waals surface area contributed by atoms with Crippen LogP contribution in [0.2, 0.25) is 0 Å². The van der Waals surface area contributed by atoms with Crippen molar-refractivity contribution in [1.82, 2.24) is 0 Å². The van der Waals surface area contributed by atoms with E-state index in [1.165, 1.54) is 37.0 Å². The summed E-state index contributed by atoms with van der Waals surface area (Å²) in [7, 11) is 0. The number of nitrogens with one attached hydrogen (secondary N) is 1. The number of anilines is 2. The van der Waals surface area contributed by atoms with Gasteiger partial charge < -0.3 is 5.32 Å². The molecule has 0 fully saturated rings. The molecule has 2 heteroatoms. The van der Waals surface area contributed by atoms with E-state index in [2.05, 4.69) is 93.7 Å². The van der Waals surface area contributed by atoms with E-state index in [4.69, 9.17) is 0 Å². The topological polar surface area (TPSA) is 12.0 Å². The van der Waals surface area contributed by atoms with E-state index >= 15 is 0 Å². The molecule has 0 bridgehead atoms. The second-order valence-corrected chi connectivity index (χ2v) is 8.80.